The Labute approximate surface area is 191 Å². The number of aromatic nitrogens is 3. The van der Waals surface area contributed by atoms with E-state index in [9.17, 15) is 9.18 Å². The minimum atomic E-state index is -0.366. The molecule has 8 heteroatoms. The van der Waals surface area contributed by atoms with Crippen LogP contribution in [0.5, 0.6) is 11.5 Å². The van der Waals surface area contributed by atoms with Gasteiger partial charge in [0.2, 0.25) is 0 Å². The third-order valence-corrected chi connectivity index (χ3v) is 5.39. The number of aryl methyl sites for hydroxylation is 2. The Morgan fingerprint density at radius 3 is 2.58 bits per heavy atom. The van der Waals surface area contributed by atoms with E-state index >= 15 is 0 Å². The number of amides is 1. The standard InChI is InChI=1S/C25H25FN4O3/c1-15-12-20(25(31)27-11-10-17-8-9-21(32-3)22(13-17)33-4)23-16(2)29-30(24(23)28-15)19-7-5-6-18(26)14-19/h5-9,12-14H,10-11H2,1-4H3,(H,27,31). The van der Waals surface area contributed by atoms with Crippen molar-refractivity contribution in [3.05, 3.63) is 76.9 Å². The van der Waals surface area contributed by atoms with E-state index in [1.54, 1.807) is 37.1 Å². The Morgan fingerprint density at radius 1 is 1.06 bits per heavy atom. The van der Waals surface area contributed by atoms with Crippen molar-refractivity contribution >= 4 is 16.9 Å². The summed E-state index contributed by atoms with van der Waals surface area (Å²) in [6, 6.07) is 13.6. The predicted molar refractivity (Wildman–Crippen MR) is 124 cm³/mol. The molecule has 0 unspecified atom stereocenters. The molecule has 4 rings (SSSR count). The van der Waals surface area contributed by atoms with Gasteiger partial charge in [0.15, 0.2) is 17.1 Å². The molecule has 1 N–H and O–H groups in total. The number of nitrogens with one attached hydrogen (secondary N) is 1. The van der Waals surface area contributed by atoms with Gasteiger partial charge in [-0.3, -0.25) is 4.79 Å². The van der Waals surface area contributed by atoms with E-state index in [2.05, 4.69) is 15.4 Å². The Kier molecular flexibility index (Phi) is 6.26. The van der Waals surface area contributed by atoms with Gasteiger partial charge in [-0.2, -0.15) is 5.10 Å². The Morgan fingerprint density at radius 2 is 1.85 bits per heavy atom. The molecular formula is C25H25FN4O3. The molecule has 33 heavy (non-hydrogen) atoms. The lowest BCUT2D eigenvalue weighted by Crippen LogP contribution is -2.26. The average molecular weight is 448 g/mol. The molecule has 0 radical (unpaired) electrons. The summed E-state index contributed by atoms with van der Waals surface area (Å²) in [7, 11) is 3.18. The van der Waals surface area contributed by atoms with E-state index in [0.717, 1.165) is 5.56 Å². The summed E-state index contributed by atoms with van der Waals surface area (Å²) in [6.07, 6.45) is 0.626. The number of nitrogens with zero attached hydrogens (tertiary/aromatic N) is 3. The summed E-state index contributed by atoms with van der Waals surface area (Å²) in [5, 5.41) is 8.16. The van der Waals surface area contributed by atoms with E-state index < -0.39 is 0 Å². The van der Waals surface area contributed by atoms with Crippen LogP contribution < -0.4 is 14.8 Å². The number of methoxy groups -OCH3 is 2. The molecule has 0 aliphatic heterocycles. The number of hydrogen-bond acceptors (Lipinski definition) is 5. The first-order valence-electron chi connectivity index (χ1n) is 10.5. The summed E-state index contributed by atoms with van der Waals surface area (Å²) < 4.78 is 26.0. The third-order valence-electron chi connectivity index (χ3n) is 5.39. The van der Waals surface area contributed by atoms with Gasteiger partial charge in [0.25, 0.3) is 5.91 Å². The lowest BCUT2D eigenvalue weighted by molar-refractivity contribution is 0.0955. The maximum Gasteiger partial charge on any atom is 0.252 e. The topological polar surface area (TPSA) is 78.3 Å². The van der Waals surface area contributed by atoms with Gasteiger partial charge in [-0.05, 0) is 62.2 Å². The first-order chi connectivity index (χ1) is 15.9. The number of benzene rings is 2. The smallest absolute Gasteiger partial charge is 0.252 e. The fraction of sp³-hybridized carbons (Fsp3) is 0.240. The SMILES string of the molecule is COc1ccc(CCNC(=O)c2cc(C)nc3c2c(C)nn3-c2cccc(F)c2)cc1OC. The Hall–Kier alpha value is -3.94. The largest absolute Gasteiger partial charge is 0.493 e. The fourth-order valence-corrected chi connectivity index (χ4v) is 3.83. The van der Waals surface area contributed by atoms with E-state index in [0.29, 0.717) is 58.1 Å². The van der Waals surface area contributed by atoms with Crippen molar-refractivity contribution in [3.8, 4) is 17.2 Å². The summed E-state index contributed by atoms with van der Waals surface area (Å²) in [5.74, 6) is 0.723. The first-order valence-corrected chi connectivity index (χ1v) is 10.5. The van der Waals surface area contributed by atoms with Gasteiger partial charge in [0.1, 0.15) is 5.82 Å². The van der Waals surface area contributed by atoms with Crippen LogP contribution in [0.4, 0.5) is 4.39 Å². The zero-order valence-corrected chi connectivity index (χ0v) is 19.0. The summed E-state index contributed by atoms with van der Waals surface area (Å²) in [4.78, 5) is 17.7. The van der Waals surface area contributed by atoms with Crippen LogP contribution in [0.3, 0.4) is 0 Å². The number of ether oxygens (including phenoxy) is 2. The number of fused-ring (bicyclic) bond motifs is 1. The second-order valence-corrected chi connectivity index (χ2v) is 7.68. The number of carbonyl (C=O) groups is 1. The van der Waals surface area contributed by atoms with Gasteiger partial charge < -0.3 is 14.8 Å². The minimum Gasteiger partial charge on any atom is -0.493 e. The van der Waals surface area contributed by atoms with E-state index in [-0.39, 0.29) is 11.7 Å². The number of pyridine rings is 1. The molecule has 0 saturated heterocycles. The lowest BCUT2D eigenvalue weighted by atomic mass is 10.1. The van der Waals surface area contributed by atoms with Crippen molar-refractivity contribution in [2.75, 3.05) is 20.8 Å². The van der Waals surface area contributed by atoms with Crippen LogP contribution in [0.15, 0.2) is 48.5 Å². The second kappa shape index (κ2) is 9.28. The molecule has 2 heterocycles. The van der Waals surface area contributed by atoms with Crippen LogP contribution in [0.2, 0.25) is 0 Å². The lowest BCUT2D eigenvalue weighted by Gasteiger charge is -2.11. The van der Waals surface area contributed by atoms with E-state index in [4.69, 9.17) is 9.47 Å². The van der Waals surface area contributed by atoms with Crippen LogP contribution in [0.25, 0.3) is 16.7 Å². The zero-order valence-electron chi connectivity index (χ0n) is 19.0. The van der Waals surface area contributed by atoms with Gasteiger partial charge in [-0.1, -0.05) is 12.1 Å². The van der Waals surface area contributed by atoms with Crippen LogP contribution in [0, 0.1) is 19.7 Å². The van der Waals surface area contributed by atoms with Crippen LogP contribution >= 0.6 is 0 Å². The van der Waals surface area contributed by atoms with Gasteiger partial charge >= 0.3 is 0 Å². The minimum absolute atomic E-state index is 0.215. The molecule has 170 valence electrons. The number of rotatable bonds is 7. The van der Waals surface area contributed by atoms with Crippen LogP contribution in [0.1, 0.15) is 27.3 Å². The predicted octanol–water partition coefficient (Wildman–Crippen LogP) is 4.17. The quantitative estimate of drug-likeness (QED) is 0.459. The number of halogens is 1. The molecule has 0 aliphatic carbocycles. The van der Waals surface area contributed by atoms with Gasteiger partial charge in [-0.15, -0.1) is 0 Å². The van der Waals surface area contributed by atoms with Crippen molar-refractivity contribution < 1.29 is 18.7 Å². The molecule has 0 saturated carbocycles. The Bertz CT molecular complexity index is 1330. The maximum atomic E-state index is 13.8. The normalized spacial score (nSPS) is 10.9. The molecule has 7 nitrogen and oxygen atoms in total. The molecule has 2 aromatic heterocycles. The van der Waals surface area contributed by atoms with Crippen molar-refractivity contribution in [2.45, 2.75) is 20.3 Å². The highest BCUT2D eigenvalue weighted by Crippen LogP contribution is 2.28. The molecule has 0 aliphatic rings. The number of carbonyl (C=O) groups excluding carboxylic acids is 1. The molecule has 4 aromatic rings. The van der Waals surface area contributed by atoms with Gasteiger partial charge in [0.05, 0.1) is 36.6 Å². The molecule has 0 bridgehead atoms. The molecule has 0 fully saturated rings. The second-order valence-electron chi connectivity index (χ2n) is 7.68. The summed E-state index contributed by atoms with van der Waals surface area (Å²) >= 11 is 0. The van der Waals surface area contributed by atoms with E-state index in [1.807, 2.05) is 32.0 Å². The monoisotopic (exact) mass is 448 g/mol. The van der Waals surface area contributed by atoms with Crippen molar-refractivity contribution in [2.24, 2.45) is 0 Å². The van der Waals surface area contributed by atoms with Crippen molar-refractivity contribution in [3.63, 3.8) is 0 Å². The third kappa shape index (κ3) is 4.50. The van der Waals surface area contributed by atoms with Crippen LogP contribution in [-0.2, 0) is 6.42 Å². The summed E-state index contributed by atoms with van der Waals surface area (Å²) in [6.45, 7) is 4.07. The van der Waals surface area contributed by atoms with Crippen molar-refractivity contribution in [1.29, 1.82) is 0 Å². The van der Waals surface area contributed by atoms with E-state index in [1.165, 1.54) is 12.1 Å². The number of hydrogen-bond donors (Lipinski definition) is 1. The highest BCUT2D eigenvalue weighted by atomic mass is 19.1. The van der Waals surface area contributed by atoms with Crippen LogP contribution in [-0.4, -0.2) is 41.4 Å². The average Bonchev–Trinajstić information content (AvgIpc) is 3.14. The molecule has 2 aromatic carbocycles. The molecule has 0 atom stereocenters. The summed E-state index contributed by atoms with van der Waals surface area (Å²) in [5.41, 5.74) is 3.88. The van der Waals surface area contributed by atoms with Gasteiger partial charge in [-0.25, -0.2) is 14.1 Å². The highest BCUT2D eigenvalue weighted by Gasteiger charge is 2.19. The fourth-order valence-electron chi connectivity index (χ4n) is 3.83. The Balaban J connectivity index is 1.59. The van der Waals surface area contributed by atoms with Gasteiger partial charge in [0, 0.05) is 12.2 Å². The zero-order chi connectivity index (χ0) is 23.5. The molecular weight excluding hydrogens is 423 g/mol. The van der Waals surface area contributed by atoms with Crippen molar-refractivity contribution in [1.82, 2.24) is 20.1 Å². The molecule has 1 amide bonds. The maximum absolute atomic E-state index is 13.8. The molecule has 0 spiro atoms. The highest BCUT2D eigenvalue weighted by molar-refractivity contribution is 6.06. The first kappa shape index (κ1) is 22.3.